The van der Waals surface area contributed by atoms with Gasteiger partial charge in [-0.05, 0) is 57.8 Å². The minimum Gasteiger partial charge on any atom is -0.466 e. The fraction of sp³-hybridized carbons (Fsp3) is 0.931. The first-order valence-corrected chi connectivity index (χ1v) is 43.1. The Hall–Kier alpha value is -1.66. The summed E-state index contributed by atoms with van der Waals surface area (Å²) in [5.41, 5.74) is 0. The first-order valence-electron chi connectivity index (χ1n) is 43.1. The van der Waals surface area contributed by atoms with Crippen molar-refractivity contribution in [1.82, 2.24) is 5.32 Å². The van der Waals surface area contributed by atoms with E-state index in [1.807, 2.05) is 0 Å². The SMILES string of the molecule is CCCCCCCCCCCCCCCCCCCCCCCCCC(O)C(CO)NC(=O)CCCCCCCCCCCCCCCCCCC/C=C\C/C=C\CCCCCCCCCCCCCCCCCOC(=O)CCCCCCCCCCCCCCCC. The van der Waals surface area contributed by atoms with Crippen molar-refractivity contribution in [2.45, 2.75) is 508 Å². The summed E-state index contributed by atoms with van der Waals surface area (Å²) < 4.78 is 5.50. The minimum absolute atomic E-state index is 0.0237. The van der Waals surface area contributed by atoms with E-state index in [4.69, 9.17) is 4.74 Å². The van der Waals surface area contributed by atoms with Crippen LogP contribution in [0.4, 0.5) is 0 Å². The molecule has 0 spiro atoms. The normalized spacial score (nSPS) is 12.5. The molecule has 0 aliphatic carbocycles. The molecule has 0 aliphatic heterocycles. The molecule has 2 unspecified atom stereocenters. The van der Waals surface area contributed by atoms with E-state index >= 15 is 0 Å². The van der Waals surface area contributed by atoms with Gasteiger partial charge in [0.05, 0.1) is 25.4 Å². The Bertz CT molecular complexity index is 1460. The van der Waals surface area contributed by atoms with Crippen molar-refractivity contribution in [1.29, 1.82) is 0 Å². The minimum atomic E-state index is -0.663. The third-order valence-electron chi connectivity index (χ3n) is 20.5. The molecule has 0 saturated heterocycles. The van der Waals surface area contributed by atoms with E-state index in [0.717, 1.165) is 44.9 Å². The van der Waals surface area contributed by atoms with E-state index in [0.29, 0.717) is 25.9 Å². The van der Waals surface area contributed by atoms with Gasteiger partial charge in [-0.2, -0.15) is 0 Å². The summed E-state index contributed by atoms with van der Waals surface area (Å²) in [5.74, 6) is -0.00206. The molecular formula is C87H169NO5. The number of aliphatic hydroxyl groups is 2. The van der Waals surface area contributed by atoms with Crippen LogP contribution in [0.5, 0.6) is 0 Å². The fourth-order valence-corrected chi connectivity index (χ4v) is 14.0. The lowest BCUT2D eigenvalue weighted by molar-refractivity contribution is -0.143. The number of carbonyl (C=O) groups is 2. The van der Waals surface area contributed by atoms with Gasteiger partial charge >= 0.3 is 5.97 Å². The lowest BCUT2D eigenvalue weighted by atomic mass is 10.0. The summed E-state index contributed by atoms with van der Waals surface area (Å²) >= 11 is 0. The molecule has 0 saturated carbocycles. The summed E-state index contributed by atoms with van der Waals surface area (Å²) in [4.78, 5) is 24.7. The van der Waals surface area contributed by atoms with Crippen molar-refractivity contribution in [3.05, 3.63) is 24.3 Å². The van der Waals surface area contributed by atoms with Crippen molar-refractivity contribution in [3.63, 3.8) is 0 Å². The summed E-state index contributed by atoms with van der Waals surface area (Å²) in [5, 5.41) is 23.5. The Morgan fingerprint density at radius 3 is 0.817 bits per heavy atom. The molecular weight excluding hydrogens is 1140 g/mol. The Labute approximate surface area is 583 Å². The van der Waals surface area contributed by atoms with Crippen LogP contribution in [-0.2, 0) is 14.3 Å². The predicted octanol–water partition coefficient (Wildman–Crippen LogP) is 28.8. The number of unbranched alkanes of at least 4 members (excludes halogenated alkanes) is 67. The zero-order chi connectivity index (χ0) is 67.0. The summed E-state index contributed by atoms with van der Waals surface area (Å²) in [6, 6.07) is -0.540. The van der Waals surface area contributed by atoms with Crippen molar-refractivity contribution < 1.29 is 24.5 Å². The molecule has 0 aromatic rings. The van der Waals surface area contributed by atoms with Crippen molar-refractivity contribution in [2.24, 2.45) is 0 Å². The molecule has 3 N–H and O–H groups in total. The van der Waals surface area contributed by atoms with Crippen LogP contribution in [0.25, 0.3) is 0 Å². The number of nitrogens with one attached hydrogen (secondary N) is 1. The number of rotatable bonds is 82. The second-order valence-electron chi connectivity index (χ2n) is 29.9. The van der Waals surface area contributed by atoms with Gasteiger partial charge in [0.25, 0.3) is 0 Å². The highest BCUT2D eigenvalue weighted by Crippen LogP contribution is 2.21. The van der Waals surface area contributed by atoms with Gasteiger partial charge in [-0.25, -0.2) is 0 Å². The van der Waals surface area contributed by atoms with Crippen molar-refractivity contribution in [3.8, 4) is 0 Å². The van der Waals surface area contributed by atoms with Crippen LogP contribution in [0.1, 0.15) is 495 Å². The first-order chi connectivity index (χ1) is 46.0. The molecule has 0 radical (unpaired) electrons. The van der Waals surface area contributed by atoms with Crippen LogP contribution in [0.2, 0.25) is 0 Å². The Morgan fingerprint density at radius 2 is 0.538 bits per heavy atom. The summed E-state index contributed by atoms with van der Waals surface area (Å²) in [7, 11) is 0. The molecule has 6 heteroatoms. The van der Waals surface area contributed by atoms with Gasteiger partial charge in [-0.15, -0.1) is 0 Å². The van der Waals surface area contributed by atoms with E-state index in [1.54, 1.807) is 0 Å². The van der Waals surface area contributed by atoms with Gasteiger partial charge in [0, 0.05) is 12.8 Å². The second-order valence-corrected chi connectivity index (χ2v) is 29.9. The van der Waals surface area contributed by atoms with Crippen LogP contribution in [-0.4, -0.2) is 47.4 Å². The van der Waals surface area contributed by atoms with E-state index in [-0.39, 0.29) is 18.5 Å². The molecule has 0 aromatic carbocycles. The molecule has 0 bridgehead atoms. The van der Waals surface area contributed by atoms with Gasteiger partial charge in [-0.3, -0.25) is 9.59 Å². The highest BCUT2D eigenvalue weighted by molar-refractivity contribution is 5.76. The number of hydrogen-bond donors (Lipinski definition) is 3. The molecule has 0 fully saturated rings. The largest absolute Gasteiger partial charge is 0.466 e. The topological polar surface area (TPSA) is 95.9 Å². The lowest BCUT2D eigenvalue weighted by Gasteiger charge is -2.22. The summed E-state index contributed by atoms with van der Waals surface area (Å²) in [6.45, 7) is 5.02. The average Bonchev–Trinajstić information content (AvgIpc) is 3.78. The monoisotopic (exact) mass is 1310 g/mol. The van der Waals surface area contributed by atoms with Gasteiger partial charge in [0.1, 0.15) is 0 Å². The molecule has 552 valence electrons. The predicted molar refractivity (Wildman–Crippen MR) is 412 cm³/mol. The quantitative estimate of drug-likeness (QED) is 0.0320. The molecule has 0 aromatic heterocycles. The number of carbonyl (C=O) groups excluding carboxylic acids is 2. The van der Waals surface area contributed by atoms with E-state index in [2.05, 4.69) is 43.5 Å². The number of aliphatic hydroxyl groups excluding tert-OH is 2. The third kappa shape index (κ3) is 79.2. The Morgan fingerprint density at radius 1 is 0.301 bits per heavy atom. The third-order valence-corrected chi connectivity index (χ3v) is 20.5. The van der Waals surface area contributed by atoms with Crippen molar-refractivity contribution in [2.75, 3.05) is 13.2 Å². The van der Waals surface area contributed by atoms with Gasteiger partial charge < -0.3 is 20.3 Å². The lowest BCUT2D eigenvalue weighted by Crippen LogP contribution is -2.45. The molecule has 0 heterocycles. The van der Waals surface area contributed by atoms with E-state index in [1.165, 1.54) is 417 Å². The Balaban J connectivity index is 3.35. The maximum atomic E-state index is 12.6. The molecule has 6 nitrogen and oxygen atoms in total. The van der Waals surface area contributed by atoms with Gasteiger partial charge in [0.15, 0.2) is 0 Å². The van der Waals surface area contributed by atoms with E-state index < -0.39 is 12.1 Å². The average molecular weight is 1310 g/mol. The number of esters is 1. The zero-order valence-electron chi connectivity index (χ0n) is 63.5. The fourth-order valence-electron chi connectivity index (χ4n) is 14.0. The Kier molecular flexibility index (Phi) is 81.3. The maximum Gasteiger partial charge on any atom is 0.305 e. The number of ether oxygens (including phenoxy) is 1. The highest BCUT2D eigenvalue weighted by Gasteiger charge is 2.20. The van der Waals surface area contributed by atoms with Crippen LogP contribution in [0.15, 0.2) is 24.3 Å². The van der Waals surface area contributed by atoms with Crippen LogP contribution in [0, 0.1) is 0 Å². The first kappa shape index (κ1) is 91.3. The maximum absolute atomic E-state index is 12.6. The number of allylic oxidation sites excluding steroid dienone is 4. The highest BCUT2D eigenvalue weighted by atomic mass is 16.5. The van der Waals surface area contributed by atoms with Gasteiger partial charge in [0.2, 0.25) is 5.91 Å². The molecule has 93 heavy (non-hydrogen) atoms. The molecule has 0 rings (SSSR count). The molecule has 2 atom stereocenters. The second kappa shape index (κ2) is 82.8. The molecule has 1 amide bonds. The van der Waals surface area contributed by atoms with Gasteiger partial charge in [-0.1, -0.05) is 449 Å². The van der Waals surface area contributed by atoms with Crippen LogP contribution >= 0.6 is 0 Å². The number of amides is 1. The smallest absolute Gasteiger partial charge is 0.305 e. The zero-order valence-corrected chi connectivity index (χ0v) is 63.5. The van der Waals surface area contributed by atoms with Crippen LogP contribution < -0.4 is 5.32 Å². The summed E-state index contributed by atoms with van der Waals surface area (Å²) in [6.07, 6.45) is 107. The number of hydrogen-bond acceptors (Lipinski definition) is 5. The van der Waals surface area contributed by atoms with Crippen molar-refractivity contribution >= 4 is 11.9 Å². The van der Waals surface area contributed by atoms with Crippen LogP contribution in [0.3, 0.4) is 0 Å². The standard InChI is InChI=1S/C87H169NO5/c1-3-5-7-9-11-13-15-17-19-20-21-22-40-43-46-49-52-55-59-63-67-71-75-79-85(90)84(83-89)88-86(91)80-76-72-68-64-60-56-53-50-47-44-41-38-36-34-32-30-28-26-24-23-25-27-29-31-33-35-37-39-42-45-48-51-54-58-62-66-70-74-78-82-93-87(92)81-77-73-69-65-61-57-18-16-14-12-10-8-6-4-2/h23-24,27,29,84-85,89-90H,3-22,25-26,28,30-83H2,1-2H3,(H,88,91)/b24-23-,29-27-. The molecule has 0 aliphatic rings. The van der Waals surface area contributed by atoms with E-state index in [9.17, 15) is 19.8 Å².